The average Bonchev–Trinajstić information content (AvgIpc) is 2.69. The Labute approximate surface area is 156 Å². The van der Waals surface area contributed by atoms with Crippen LogP contribution in [0.4, 0.5) is 21.8 Å². The number of aromatic nitrogens is 3. The minimum absolute atomic E-state index is 0.0726. The van der Waals surface area contributed by atoms with Crippen molar-refractivity contribution in [2.45, 2.75) is 6.42 Å². The quantitative estimate of drug-likeness (QED) is 0.525. The predicted octanol–water partition coefficient (Wildman–Crippen LogP) is 3.22. The number of nitrogens with one attached hydrogen (secondary N) is 2. The van der Waals surface area contributed by atoms with Crippen LogP contribution in [0.5, 0.6) is 5.75 Å². The Morgan fingerprint density at radius 2 is 2.00 bits per heavy atom. The fourth-order valence-corrected chi connectivity index (χ4v) is 2.41. The van der Waals surface area contributed by atoms with Crippen LogP contribution < -0.4 is 15.4 Å². The smallest absolute Gasteiger partial charge is 0.225 e. The first-order valence-corrected chi connectivity index (χ1v) is 8.45. The van der Waals surface area contributed by atoms with E-state index in [9.17, 15) is 4.39 Å². The van der Waals surface area contributed by atoms with E-state index in [1.807, 2.05) is 18.2 Å². The van der Waals surface area contributed by atoms with E-state index in [0.29, 0.717) is 41.8 Å². The number of nitrogens with zero attached hydrogens (tertiary/aromatic N) is 3. The van der Waals surface area contributed by atoms with Crippen molar-refractivity contribution in [1.29, 1.82) is 0 Å². The molecule has 0 aliphatic heterocycles. The first-order valence-electron chi connectivity index (χ1n) is 8.45. The summed E-state index contributed by atoms with van der Waals surface area (Å²) in [4.78, 5) is 13.2. The Morgan fingerprint density at radius 1 is 1.11 bits per heavy atom. The Bertz CT molecular complexity index is 893. The summed E-state index contributed by atoms with van der Waals surface area (Å²) in [7, 11) is 1.42. The molecule has 0 aliphatic carbocycles. The molecule has 0 bridgehead atoms. The van der Waals surface area contributed by atoms with Gasteiger partial charge >= 0.3 is 0 Å². The van der Waals surface area contributed by atoms with E-state index >= 15 is 0 Å². The molecule has 0 atom stereocenters. The third-order valence-corrected chi connectivity index (χ3v) is 3.70. The summed E-state index contributed by atoms with van der Waals surface area (Å²) >= 11 is 0. The zero-order chi connectivity index (χ0) is 19.1. The lowest BCUT2D eigenvalue weighted by atomic mass is 10.2. The lowest BCUT2D eigenvalue weighted by Gasteiger charge is -2.12. The molecule has 27 heavy (non-hydrogen) atoms. The van der Waals surface area contributed by atoms with Crippen LogP contribution in [0, 0.1) is 5.82 Å². The van der Waals surface area contributed by atoms with Crippen molar-refractivity contribution >= 4 is 17.5 Å². The topological polar surface area (TPSA) is 92.2 Å². The van der Waals surface area contributed by atoms with Crippen LogP contribution in [0.25, 0.3) is 11.4 Å². The average molecular weight is 369 g/mol. The Hall–Kier alpha value is -3.26. The van der Waals surface area contributed by atoms with E-state index in [1.165, 1.54) is 13.2 Å². The molecule has 0 unspecified atom stereocenters. The number of hydrogen-bond acceptors (Lipinski definition) is 7. The molecule has 0 radical (unpaired) electrons. The van der Waals surface area contributed by atoms with E-state index in [2.05, 4.69) is 25.6 Å². The number of aliphatic hydroxyl groups excluding tert-OH is 1. The summed E-state index contributed by atoms with van der Waals surface area (Å²) in [6.07, 6.45) is 2.26. The first-order chi connectivity index (χ1) is 13.2. The fourth-order valence-electron chi connectivity index (χ4n) is 2.41. The van der Waals surface area contributed by atoms with Gasteiger partial charge < -0.3 is 20.5 Å². The third kappa shape index (κ3) is 4.89. The summed E-state index contributed by atoms with van der Waals surface area (Å²) in [5.41, 5.74) is 1.84. The maximum atomic E-state index is 13.9. The van der Waals surface area contributed by atoms with Gasteiger partial charge in [0.25, 0.3) is 0 Å². The molecule has 3 aromatic rings. The van der Waals surface area contributed by atoms with Crippen molar-refractivity contribution in [2.24, 2.45) is 0 Å². The number of hydrogen-bond donors (Lipinski definition) is 3. The van der Waals surface area contributed by atoms with E-state index in [4.69, 9.17) is 9.84 Å². The molecule has 0 fully saturated rings. The van der Waals surface area contributed by atoms with Crippen molar-refractivity contribution in [3.8, 4) is 17.1 Å². The van der Waals surface area contributed by atoms with Crippen LogP contribution >= 0.6 is 0 Å². The van der Waals surface area contributed by atoms with Gasteiger partial charge in [0.2, 0.25) is 5.95 Å². The standard InChI is InChI=1S/C19H20FN5O2/c1-27-17-7-6-13(11-14(17)20)23-18-12-16(15-5-2-3-8-21-15)24-19(25-18)22-9-4-10-26/h2-3,5-8,11-12,26H,4,9-10H2,1H3,(H2,22,23,24,25). The molecule has 3 rings (SSSR count). The van der Waals surface area contributed by atoms with Gasteiger partial charge in [0, 0.05) is 37.2 Å². The minimum atomic E-state index is -0.470. The second-order valence-corrected chi connectivity index (χ2v) is 5.66. The highest BCUT2D eigenvalue weighted by atomic mass is 19.1. The van der Waals surface area contributed by atoms with Crippen LogP contribution in [0.1, 0.15) is 6.42 Å². The number of aliphatic hydroxyl groups is 1. The van der Waals surface area contributed by atoms with Crippen molar-refractivity contribution in [2.75, 3.05) is 30.9 Å². The summed E-state index contributed by atoms with van der Waals surface area (Å²) in [5, 5.41) is 15.1. The van der Waals surface area contributed by atoms with Gasteiger partial charge in [-0.2, -0.15) is 4.98 Å². The van der Waals surface area contributed by atoms with E-state index in [0.717, 1.165) is 0 Å². The molecule has 0 amide bonds. The molecule has 1 aromatic carbocycles. The summed E-state index contributed by atoms with van der Waals surface area (Å²) in [6, 6.07) is 11.8. The number of methoxy groups -OCH3 is 1. The monoisotopic (exact) mass is 369 g/mol. The van der Waals surface area contributed by atoms with Crippen LogP contribution in [-0.2, 0) is 0 Å². The van der Waals surface area contributed by atoms with Crippen LogP contribution in [-0.4, -0.2) is 40.3 Å². The Kier molecular flexibility index (Phi) is 6.11. The molecule has 140 valence electrons. The van der Waals surface area contributed by atoms with Crippen molar-refractivity contribution in [3.05, 3.63) is 54.5 Å². The van der Waals surface area contributed by atoms with Crippen LogP contribution in [0.2, 0.25) is 0 Å². The lowest BCUT2D eigenvalue weighted by molar-refractivity contribution is 0.292. The molecule has 8 heteroatoms. The molecule has 7 nitrogen and oxygen atoms in total. The maximum Gasteiger partial charge on any atom is 0.225 e. The van der Waals surface area contributed by atoms with Gasteiger partial charge in [-0.25, -0.2) is 9.37 Å². The maximum absolute atomic E-state index is 13.9. The van der Waals surface area contributed by atoms with E-state index in [1.54, 1.807) is 24.4 Å². The molecule has 2 heterocycles. The van der Waals surface area contributed by atoms with Gasteiger partial charge in [-0.15, -0.1) is 0 Å². The second kappa shape index (κ2) is 8.91. The highest BCUT2D eigenvalue weighted by Crippen LogP contribution is 2.25. The SMILES string of the molecule is COc1ccc(Nc2cc(-c3ccccn3)nc(NCCCO)n2)cc1F. The van der Waals surface area contributed by atoms with Gasteiger partial charge in [-0.3, -0.25) is 4.98 Å². The number of pyridine rings is 1. The Balaban J connectivity index is 1.90. The molecule has 3 N–H and O–H groups in total. The van der Waals surface area contributed by atoms with E-state index < -0.39 is 5.82 Å². The number of anilines is 3. The number of rotatable bonds is 8. The molecule has 0 saturated carbocycles. The van der Waals surface area contributed by atoms with E-state index in [-0.39, 0.29) is 12.4 Å². The number of halogens is 1. The zero-order valence-electron chi connectivity index (χ0n) is 14.8. The van der Waals surface area contributed by atoms with Gasteiger partial charge in [0.15, 0.2) is 11.6 Å². The zero-order valence-corrected chi connectivity index (χ0v) is 14.8. The highest BCUT2D eigenvalue weighted by Gasteiger charge is 2.09. The molecule has 2 aromatic heterocycles. The summed E-state index contributed by atoms with van der Waals surface area (Å²) in [6.45, 7) is 0.599. The van der Waals surface area contributed by atoms with Crippen LogP contribution in [0.15, 0.2) is 48.7 Å². The predicted molar refractivity (Wildman–Crippen MR) is 102 cm³/mol. The molecular weight excluding hydrogens is 349 g/mol. The first kappa shape index (κ1) is 18.5. The van der Waals surface area contributed by atoms with Crippen molar-refractivity contribution in [3.63, 3.8) is 0 Å². The van der Waals surface area contributed by atoms with Gasteiger partial charge in [-0.1, -0.05) is 6.07 Å². The minimum Gasteiger partial charge on any atom is -0.494 e. The van der Waals surface area contributed by atoms with Crippen molar-refractivity contribution < 1.29 is 14.2 Å². The van der Waals surface area contributed by atoms with Gasteiger partial charge in [-0.05, 0) is 30.7 Å². The Morgan fingerprint density at radius 3 is 2.70 bits per heavy atom. The highest BCUT2D eigenvalue weighted by molar-refractivity contribution is 5.65. The lowest BCUT2D eigenvalue weighted by Crippen LogP contribution is -2.09. The number of ether oxygens (including phenoxy) is 1. The molecule has 0 aliphatic rings. The van der Waals surface area contributed by atoms with Gasteiger partial charge in [0.1, 0.15) is 5.82 Å². The van der Waals surface area contributed by atoms with Crippen LogP contribution in [0.3, 0.4) is 0 Å². The summed E-state index contributed by atoms with van der Waals surface area (Å²) < 4.78 is 18.9. The fraction of sp³-hybridized carbons (Fsp3) is 0.211. The second-order valence-electron chi connectivity index (χ2n) is 5.66. The van der Waals surface area contributed by atoms with Gasteiger partial charge in [0.05, 0.1) is 18.5 Å². The third-order valence-electron chi connectivity index (χ3n) is 3.70. The van der Waals surface area contributed by atoms with Crippen molar-refractivity contribution in [1.82, 2.24) is 15.0 Å². The molecule has 0 spiro atoms. The molecular formula is C19H20FN5O2. The molecule has 0 saturated heterocycles. The largest absolute Gasteiger partial charge is 0.494 e. The normalized spacial score (nSPS) is 10.5. The number of benzene rings is 1. The summed E-state index contributed by atoms with van der Waals surface area (Å²) in [5.74, 6) is 0.580.